The molecule has 4 aromatic rings. The predicted molar refractivity (Wildman–Crippen MR) is 175 cm³/mol. The second kappa shape index (κ2) is 13.8. The van der Waals surface area contributed by atoms with E-state index in [4.69, 9.17) is 15.6 Å². The number of rotatable bonds is 12. The zero-order valence-corrected chi connectivity index (χ0v) is 26.6. The number of pyridine rings is 1. The molecule has 0 saturated carbocycles. The summed E-state index contributed by atoms with van der Waals surface area (Å²) in [6, 6.07) is 20.9. The van der Waals surface area contributed by atoms with Crippen molar-refractivity contribution in [3.05, 3.63) is 90.3 Å². The molecule has 4 rings (SSSR count). The highest BCUT2D eigenvalue weighted by Gasteiger charge is 2.20. The third-order valence-corrected chi connectivity index (χ3v) is 7.02. The van der Waals surface area contributed by atoms with Crippen LogP contribution in [-0.4, -0.2) is 44.8 Å². The van der Waals surface area contributed by atoms with Gasteiger partial charge in [0.1, 0.15) is 23.2 Å². The number of ether oxygens (including phenoxy) is 1. The van der Waals surface area contributed by atoms with Gasteiger partial charge in [-0.3, -0.25) is 14.6 Å². The molecule has 0 saturated heterocycles. The molecule has 2 aromatic carbocycles. The Labute approximate surface area is 260 Å². The quantitative estimate of drug-likeness (QED) is 0.177. The fourth-order valence-corrected chi connectivity index (χ4v) is 4.71. The lowest BCUT2D eigenvalue weighted by molar-refractivity contribution is -0.127. The molecule has 9 nitrogen and oxygen atoms in total. The van der Waals surface area contributed by atoms with Crippen LogP contribution < -0.4 is 21.1 Å². The number of carbonyl (C=O) groups excluding carboxylic acids is 2. The molecule has 232 valence electrons. The molecule has 0 radical (unpaired) electrons. The molecule has 0 aliphatic heterocycles. The number of benzene rings is 2. The Kier molecular flexibility index (Phi) is 10.1. The Balaban J connectivity index is 1.37. The number of carbonyl (C=O) groups is 2. The van der Waals surface area contributed by atoms with Crippen LogP contribution in [0.1, 0.15) is 65.5 Å². The van der Waals surface area contributed by atoms with Crippen molar-refractivity contribution in [2.45, 2.75) is 77.9 Å². The number of hydrogen-bond acceptors (Lipinski definition) is 6. The van der Waals surface area contributed by atoms with Crippen molar-refractivity contribution in [1.29, 1.82) is 0 Å². The van der Waals surface area contributed by atoms with E-state index in [0.717, 1.165) is 34.1 Å². The zero-order chi connectivity index (χ0) is 31.9. The van der Waals surface area contributed by atoms with Gasteiger partial charge in [-0.1, -0.05) is 45.0 Å². The van der Waals surface area contributed by atoms with Gasteiger partial charge in [-0.25, -0.2) is 4.68 Å². The highest BCUT2D eigenvalue weighted by atomic mass is 16.5. The Bertz CT molecular complexity index is 1530. The van der Waals surface area contributed by atoms with Gasteiger partial charge < -0.3 is 21.1 Å². The van der Waals surface area contributed by atoms with Crippen LogP contribution in [0.4, 0.5) is 5.82 Å². The molecular formula is C35H44N6O3. The summed E-state index contributed by atoms with van der Waals surface area (Å²) in [4.78, 5) is 29.0. The van der Waals surface area contributed by atoms with E-state index in [-0.39, 0.29) is 23.3 Å². The fraction of sp³-hybridized carbons (Fsp3) is 0.371. The normalized spacial score (nSPS) is 12.4. The molecule has 44 heavy (non-hydrogen) atoms. The maximum atomic E-state index is 12.8. The van der Waals surface area contributed by atoms with Gasteiger partial charge in [0, 0.05) is 43.4 Å². The summed E-state index contributed by atoms with van der Waals surface area (Å²) in [5.74, 6) is 0.753. The van der Waals surface area contributed by atoms with Gasteiger partial charge in [-0.15, -0.1) is 0 Å². The Morgan fingerprint density at radius 2 is 1.59 bits per heavy atom. The van der Waals surface area contributed by atoms with Crippen LogP contribution >= 0.6 is 0 Å². The smallest absolute Gasteiger partial charge is 0.240 e. The number of nitrogens with one attached hydrogen (secondary N) is 2. The summed E-state index contributed by atoms with van der Waals surface area (Å²) in [7, 11) is 0. The highest BCUT2D eigenvalue weighted by Crippen LogP contribution is 2.27. The summed E-state index contributed by atoms with van der Waals surface area (Å²) < 4.78 is 7.74. The Morgan fingerprint density at radius 3 is 2.18 bits per heavy atom. The molecule has 0 bridgehead atoms. The SMILES string of the molecule is CC(C)(C)Oc1ccc(C[C@H](NC(=O)CCCNc2cc(-c3ccncc3)nn2-c2ccc(C(C)(C)C)cc2)C(N)=O)cc1. The maximum absolute atomic E-state index is 12.8. The molecule has 2 amide bonds. The van der Waals surface area contributed by atoms with E-state index in [0.29, 0.717) is 19.4 Å². The lowest BCUT2D eigenvalue weighted by Gasteiger charge is -2.21. The Morgan fingerprint density at radius 1 is 0.932 bits per heavy atom. The molecule has 0 unspecified atom stereocenters. The van der Waals surface area contributed by atoms with Gasteiger partial charge in [0.2, 0.25) is 11.8 Å². The lowest BCUT2D eigenvalue weighted by atomic mass is 9.87. The molecule has 0 fully saturated rings. The molecule has 2 heterocycles. The number of nitrogens with two attached hydrogens (primary N) is 1. The predicted octanol–water partition coefficient (Wildman–Crippen LogP) is 5.81. The average molecular weight is 597 g/mol. The minimum Gasteiger partial charge on any atom is -0.488 e. The van der Waals surface area contributed by atoms with Crippen molar-refractivity contribution >= 4 is 17.6 Å². The van der Waals surface area contributed by atoms with Crippen LogP contribution in [0.15, 0.2) is 79.1 Å². The fourth-order valence-electron chi connectivity index (χ4n) is 4.71. The first-order valence-electron chi connectivity index (χ1n) is 15.0. The molecule has 0 aliphatic rings. The van der Waals surface area contributed by atoms with Gasteiger partial charge in [0.25, 0.3) is 0 Å². The van der Waals surface area contributed by atoms with Crippen LogP contribution in [0.3, 0.4) is 0 Å². The van der Waals surface area contributed by atoms with E-state index in [1.807, 2.05) is 67.9 Å². The molecule has 1 atom stereocenters. The van der Waals surface area contributed by atoms with Crippen molar-refractivity contribution in [2.75, 3.05) is 11.9 Å². The minimum atomic E-state index is -0.801. The maximum Gasteiger partial charge on any atom is 0.240 e. The topological polar surface area (TPSA) is 124 Å². The third-order valence-electron chi connectivity index (χ3n) is 7.02. The number of anilines is 1. The first-order valence-corrected chi connectivity index (χ1v) is 15.0. The van der Waals surface area contributed by atoms with E-state index in [1.54, 1.807) is 12.4 Å². The first-order chi connectivity index (χ1) is 20.8. The van der Waals surface area contributed by atoms with E-state index >= 15 is 0 Å². The van der Waals surface area contributed by atoms with E-state index in [2.05, 4.69) is 60.7 Å². The average Bonchev–Trinajstić information content (AvgIpc) is 3.39. The monoisotopic (exact) mass is 596 g/mol. The van der Waals surface area contributed by atoms with E-state index in [1.165, 1.54) is 5.56 Å². The standard InChI is InChI=1S/C35H44N6O3/c1-34(2,3)26-11-13-27(14-12-26)41-31(23-29(40-41)25-17-20-37-21-18-25)38-19-7-8-32(42)39-30(33(36)43)22-24-9-15-28(16-10-24)44-35(4,5)6/h9-18,20-21,23,30,38H,7-8,19,22H2,1-6H3,(H2,36,43)(H,39,42)/t30-/m0/s1. The van der Waals surface area contributed by atoms with Crippen molar-refractivity contribution in [3.8, 4) is 22.7 Å². The Hall–Kier alpha value is -4.66. The summed E-state index contributed by atoms with van der Waals surface area (Å²) in [6.45, 7) is 13.0. The van der Waals surface area contributed by atoms with Gasteiger partial charge in [-0.05, 0) is 80.1 Å². The molecular weight excluding hydrogens is 552 g/mol. The number of amides is 2. The van der Waals surface area contributed by atoms with Crippen LogP contribution in [0.25, 0.3) is 16.9 Å². The van der Waals surface area contributed by atoms with Crippen molar-refractivity contribution < 1.29 is 14.3 Å². The van der Waals surface area contributed by atoms with E-state index in [9.17, 15) is 9.59 Å². The first kappa shape index (κ1) is 32.3. The second-order valence-electron chi connectivity index (χ2n) is 13.0. The van der Waals surface area contributed by atoms with Gasteiger partial charge in [-0.2, -0.15) is 5.10 Å². The summed E-state index contributed by atoms with van der Waals surface area (Å²) in [5.41, 5.74) is 10.2. The van der Waals surface area contributed by atoms with Crippen LogP contribution in [0.5, 0.6) is 5.75 Å². The largest absolute Gasteiger partial charge is 0.488 e. The minimum absolute atomic E-state index is 0.0473. The number of hydrogen-bond donors (Lipinski definition) is 3. The second-order valence-corrected chi connectivity index (χ2v) is 13.0. The van der Waals surface area contributed by atoms with Crippen molar-refractivity contribution in [1.82, 2.24) is 20.1 Å². The summed E-state index contributed by atoms with van der Waals surface area (Å²) >= 11 is 0. The van der Waals surface area contributed by atoms with Gasteiger partial charge in [0.15, 0.2) is 0 Å². The molecule has 0 spiro atoms. The van der Waals surface area contributed by atoms with Crippen LogP contribution in [0.2, 0.25) is 0 Å². The number of primary amides is 1. The van der Waals surface area contributed by atoms with E-state index < -0.39 is 11.9 Å². The number of nitrogens with zero attached hydrogens (tertiary/aromatic N) is 3. The highest BCUT2D eigenvalue weighted by molar-refractivity contribution is 5.86. The zero-order valence-electron chi connectivity index (χ0n) is 26.6. The van der Waals surface area contributed by atoms with Gasteiger partial charge >= 0.3 is 0 Å². The third kappa shape index (κ3) is 9.17. The lowest BCUT2D eigenvalue weighted by Crippen LogP contribution is -2.45. The van der Waals surface area contributed by atoms with Crippen LogP contribution in [0, 0.1) is 0 Å². The molecule has 9 heteroatoms. The summed E-state index contributed by atoms with van der Waals surface area (Å²) in [6.07, 6.45) is 4.58. The summed E-state index contributed by atoms with van der Waals surface area (Å²) in [5, 5.41) is 11.1. The van der Waals surface area contributed by atoms with Gasteiger partial charge in [0.05, 0.1) is 11.4 Å². The molecule has 2 aromatic heterocycles. The van der Waals surface area contributed by atoms with Crippen molar-refractivity contribution in [3.63, 3.8) is 0 Å². The van der Waals surface area contributed by atoms with Crippen LogP contribution in [-0.2, 0) is 21.4 Å². The molecule has 4 N–H and O–H groups in total. The molecule has 0 aliphatic carbocycles. The number of aromatic nitrogens is 3. The van der Waals surface area contributed by atoms with Crippen molar-refractivity contribution in [2.24, 2.45) is 5.73 Å².